The van der Waals surface area contributed by atoms with Crippen LogP contribution >= 0.6 is 0 Å². The molecular formula is C47H91N. The summed E-state index contributed by atoms with van der Waals surface area (Å²) in [5.74, 6) is 2.98. The third-order valence-corrected chi connectivity index (χ3v) is 12.2. The zero-order valence-corrected chi connectivity index (χ0v) is 34.2. The van der Waals surface area contributed by atoms with Crippen LogP contribution in [-0.4, -0.2) is 13.6 Å². The molecule has 48 heavy (non-hydrogen) atoms. The molecule has 1 heteroatoms. The number of hydrogen-bond acceptors (Lipinski definition) is 1. The van der Waals surface area contributed by atoms with Crippen LogP contribution in [-0.2, 0) is 0 Å². The van der Waals surface area contributed by atoms with Crippen LogP contribution in [0.1, 0.15) is 227 Å². The fourth-order valence-corrected chi connectivity index (χ4v) is 8.64. The summed E-state index contributed by atoms with van der Waals surface area (Å²) in [6.45, 7) is 25.3. The van der Waals surface area contributed by atoms with Crippen molar-refractivity contribution < 1.29 is 0 Å². The van der Waals surface area contributed by atoms with E-state index in [0.29, 0.717) is 0 Å². The highest BCUT2D eigenvalue weighted by Gasteiger charge is 2.38. The van der Waals surface area contributed by atoms with Crippen LogP contribution < -0.4 is 5.32 Å². The average Bonchev–Trinajstić information content (AvgIpc) is 3.12. The Kier molecular flexibility index (Phi) is 32.8. The number of allylic oxidation sites excluding steroid dienone is 2. The van der Waals surface area contributed by atoms with E-state index in [-0.39, 0.29) is 0 Å². The van der Waals surface area contributed by atoms with Gasteiger partial charge in [-0.1, -0.05) is 168 Å². The van der Waals surface area contributed by atoms with Crippen molar-refractivity contribution in [2.24, 2.45) is 23.2 Å². The maximum absolute atomic E-state index is 4.43. The molecule has 0 radical (unpaired) electrons. The van der Waals surface area contributed by atoms with Crippen LogP contribution in [0.15, 0.2) is 37.5 Å². The lowest BCUT2D eigenvalue weighted by Gasteiger charge is -2.46. The van der Waals surface area contributed by atoms with Crippen LogP contribution in [0.2, 0.25) is 0 Å². The fraction of sp³-hybridized carbons (Fsp3) is 0.872. The van der Waals surface area contributed by atoms with Gasteiger partial charge in [-0.25, -0.2) is 0 Å². The van der Waals surface area contributed by atoms with Gasteiger partial charge in [0.1, 0.15) is 0 Å². The molecule has 3 fully saturated rings. The Labute approximate surface area is 305 Å². The van der Waals surface area contributed by atoms with Crippen molar-refractivity contribution >= 4 is 0 Å². The molecule has 0 heterocycles. The summed E-state index contributed by atoms with van der Waals surface area (Å²) in [5.41, 5.74) is 3.83. The quantitative estimate of drug-likeness (QED) is 0.0593. The summed E-state index contributed by atoms with van der Waals surface area (Å²) >= 11 is 0. The molecule has 0 amide bonds. The van der Waals surface area contributed by atoms with Gasteiger partial charge < -0.3 is 5.32 Å². The molecule has 3 aliphatic rings. The van der Waals surface area contributed by atoms with Crippen molar-refractivity contribution in [2.45, 2.75) is 227 Å². The lowest BCUT2D eigenvalue weighted by atomic mass is 9.60. The molecule has 1 nitrogen and oxygen atoms in total. The van der Waals surface area contributed by atoms with Crippen LogP contribution in [0.4, 0.5) is 0 Å². The number of rotatable bonds is 30. The highest BCUT2D eigenvalue weighted by Crippen LogP contribution is 2.51. The van der Waals surface area contributed by atoms with Crippen molar-refractivity contribution in [1.82, 2.24) is 5.32 Å². The first-order chi connectivity index (χ1) is 23.4. The zero-order chi connectivity index (χ0) is 35.7. The molecule has 1 unspecified atom stereocenters. The Hall–Kier alpha value is -0.820. The second kappa shape index (κ2) is 33.3. The van der Waals surface area contributed by atoms with Gasteiger partial charge in [-0.2, -0.15) is 0 Å². The van der Waals surface area contributed by atoms with E-state index in [1.807, 2.05) is 7.05 Å². The number of hydrogen-bond donors (Lipinski definition) is 1. The predicted octanol–water partition coefficient (Wildman–Crippen LogP) is 16.1. The van der Waals surface area contributed by atoms with Gasteiger partial charge in [0.15, 0.2) is 0 Å². The Bertz CT molecular complexity index is 689. The molecule has 3 saturated carbocycles. The molecule has 2 bridgehead atoms. The van der Waals surface area contributed by atoms with Crippen molar-refractivity contribution in [1.29, 1.82) is 0 Å². The topological polar surface area (TPSA) is 12.0 Å². The Morgan fingerprint density at radius 2 is 1.02 bits per heavy atom. The Balaban J connectivity index is 0.00000152. The number of nitrogens with one attached hydrogen (secondary N) is 1. The molecule has 0 aliphatic heterocycles. The number of fused-ring (bicyclic) bond motifs is 3. The highest BCUT2D eigenvalue weighted by molar-refractivity contribution is 4.96. The summed E-state index contributed by atoms with van der Waals surface area (Å²) in [6, 6.07) is 0. The van der Waals surface area contributed by atoms with Gasteiger partial charge in [0.25, 0.3) is 0 Å². The van der Waals surface area contributed by atoms with E-state index in [0.717, 1.165) is 29.7 Å². The standard InChI is InChI=1S/C35H69N.C10H18.C2H4/c1-7-10-16-26-34(27-17-11-8-2)29-20-23-32(4)22-18-14-13-15-19-28-35(25-12-9-3)31-33(5)24-21-30-36-6;1-2-10-6-3-9(4-7-10)5-8-10;1-2/h34-36H,4-5,7-31H2,1-3,6H3;9H,2-8H2,1H3;1-2H2. The van der Waals surface area contributed by atoms with Gasteiger partial charge >= 0.3 is 0 Å². The first-order valence-corrected chi connectivity index (χ1v) is 21.9. The monoisotopic (exact) mass is 670 g/mol. The van der Waals surface area contributed by atoms with E-state index >= 15 is 0 Å². The Morgan fingerprint density at radius 3 is 1.56 bits per heavy atom. The lowest BCUT2D eigenvalue weighted by Crippen LogP contribution is -2.33. The first-order valence-electron chi connectivity index (χ1n) is 21.9. The summed E-state index contributed by atoms with van der Waals surface area (Å²) in [4.78, 5) is 0. The first kappa shape index (κ1) is 47.2. The van der Waals surface area contributed by atoms with E-state index < -0.39 is 0 Å². The zero-order valence-electron chi connectivity index (χ0n) is 34.2. The third-order valence-electron chi connectivity index (χ3n) is 12.2. The summed E-state index contributed by atoms with van der Waals surface area (Å²) in [7, 11) is 2.05. The molecular weight excluding hydrogens is 579 g/mol. The van der Waals surface area contributed by atoms with Gasteiger partial charge in [-0.15, -0.1) is 13.2 Å². The van der Waals surface area contributed by atoms with Crippen molar-refractivity contribution in [3.63, 3.8) is 0 Å². The molecule has 3 aliphatic carbocycles. The summed E-state index contributed by atoms with van der Waals surface area (Å²) in [5, 5.41) is 3.26. The molecule has 284 valence electrons. The number of unbranched alkanes of at least 4 members (excludes halogenated alkanes) is 9. The molecule has 0 aromatic rings. The van der Waals surface area contributed by atoms with Gasteiger partial charge in [0, 0.05) is 0 Å². The molecule has 0 spiro atoms. The van der Waals surface area contributed by atoms with Crippen LogP contribution in [0.3, 0.4) is 0 Å². The fourth-order valence-electron chi connectivity index (χ4n) is 8.64. The van der Waals surface area contributed by atoms with Gasteiger partial charge in [0.2, 0.25) is 0 Å². The minimum absolute atomic E-state index is 0.828. The lowest BCUT2D eigenvalue weighted by molar-refractivity contribution is 0.0614. The SMILES string of the molecule is C=C.C=C(CCCCCCCC(CCCC)CC(=C)CCCNC)CCCC(CCCCC)CCCCC.CCC12CCC(CC1)CC2. The summed E-state index contributed by atoms with van der Waals surface area (Å²) in [6.07, 6.45) is 43.7. The normalized spacial score (nSPS) is 18.9. The van der Waals surface area contributed by atoms with Crippen LogP contribution in [0.25, 0.3) is 0 Å². The van der Waals surface area contributed by atoms with Crippen LogP contribution in [0, 0.1) is 23.2 Å². The van der Waals surface area contributed by atoms with Crippen molar-refractivity contribution in [3.8, 4) is 0 Å². The minimum Gasteiger partial charge on any atom is -0.320 e. The molecule has 0 aromatic heterocycles. The van der Waals surface area contributed by atoms with E-state index in [1.165, 1.54) is 172 Å². The van der Waals surface area contributed by atoms with E-state index in [4.69, 9.17) is 0 Å². The largest absolute Gasteiger partial charge is 0.320 e. The third kappa shape index (κ3) is 25.2. The predicted molar refractivity (Wildman–Crippen MR) is 222 cm³/mol. The maximum atomic E-state index is 4.43. The second-order valence-electron chi connectivity index (χ2n) is 16.3. The molecule has 1 atom stereocenters. The average molecular weight is 670 g/mol. The van der Waals surface area contributed by atoms with Gasteiger partial charge in [-0.05, 0) is 120 Å². The molecule has 1 N–H and O–H groups in total. The van der Waals surface area contributed by atoms with Crippen molar-refractivity contribution in [3.05, 3.63) is 37.5 Å². The molecule has 0 saturated heterocycles. The van der Waals surface area contributed by atoms with E-state index in [1.54, 1.807) is 38.5 Å². The van der Waals surface area contributed by atoms with E-state index in [9.17, 15) is 0 Å². The van der Waals surface area contributed by atoms with Gasteiger partial charge in [-0.3, -0.25) is 0 Å². The van der Waals surface area contributed by atoms with Crippen LogP contribution in [0.5, 0.6) is 0 Å². The summed E-state index contributed by atoms with van der Waals surface area (Å²) < 4.78 is 0. The second-order valence-corrected chi connectivity index (χ2v) is 16.3. The molecule has 3 rings (SSSR count). The minimum atomic E-state index is 0.828. The molecule has 0 aromatic carbocycles. The smallest absolute Gasteiger partial charge is 0.00489 e. The van der Waals surface area contributed by atoms with Crippen molar-refractivity contribution in [2.75, 3.05) is 13.6 Å². The van der Waals surface area contributed by atoms with E-state index in [2.05, 4.69) is 59.3 Å². The maximum Gasteiger partial charge on any atom is -0.00489 e. The van der Waals surface area contributed by atoms with Gasteiger partial charge in [0.05, 0.1) is 0 Å². The highest BCUT2D eigenvalue weighted by atomic mass is 14.8. The Morgan fingerprint density at radius 1 is 0.562 bits per heavy atom.